The van der Waals surface area contributed by atoms with E-state index in [1.165, 1.54) is 0 Å². The van der Waals surface area contributed by atoms with Crippen LogP contribution in [0.4, 0.5) is 0 Å². The summed E-state index contributed by atoms with van der Waals surface area (Å²) in [6.07, 6.45) is 0. The molecule has 0 bridgehead atoms. The maximum atomic E-state index is 6.44. The zero-order chi connectivity index (χ0) is 16.3. The van der Waals surface area contributed by atoms with Crippen LogP contribution in [0.3, 0.4) is 0 Å². The van der Waals surface area contributed by atoms with E-state index in [1.807, 2.05) is 24.3 Å². The molecule has 0 aliphatic carbocycles. The number of halogens is 2. The third-order valence-electron chi connectivity index (χ3n) is 3.13. The summed E-state index contributed by atoms with van der Waals surface area (Å²) in [6, 6.07) is 7.88. The zero-order valence-electron chi connectivity index (χ0n) is 13.5. The Kier molecular flexibility index (Phi) is 5.82. The first kappa shape index (κ1) is 17.2. The average molecular weight is 341 g/mol. The smallest absolute Gasteiger partial charge is 0.147 e. The number of ether oxygens (including phenoxy) is 2. The summed E-state index contributed by atoms with van der Waals surface area (Å²) < 4.78 is 11.8. The fourth-order valence-electron chi connectivity index (χ4n) is 2.10. The summed E-state index contributed by atoms with van der Waals surface area (Å²) in [5.41, 5.74) is 0. The summed E-state index contributed by atoms with van der Waals surface area (Å²) in [7, 11) is 0. The maximum Gasteiger partial charge on any atom is 0.147 e. The summed E-state index contributed by atoms with van der Waals surface area (Å²) in [5.74, 6) is 2.08. The van der Waals surface area contributed by atoms with Crippen molar-refractivity contribution < 1.29 is 9.47 Å². The molecule has 0 aromatic heterocycles. The minimum atomic E-state index is 0.408. The van der Waals surface area contributed by atoms with Crippen LogP contribution in [-0.4, -0.2) is 13.2 Å². The standard InChI is InChI=1S/C18H22Cl2O2/c1-11(2)9-21-17-13-7-5-6-8-14(13)18(16(20)15(17)19)22-10-12(3)4/h5-8,11-12H,9-10H2,1-4H3. The van der Waals surface area contributed by atoms with Crippen molar-refractivity contribution in [3.63, 3.8) is 0 Å². The molecule has 22 heavy (non-hydrogen) atoms. The third kappa shape index (κ3) is 3.80. The van der Waals surface area contributed by atoms with Crippen molar-refractivity contribution in [2.75, 3.05) is 13.2 Å². The quantitative estimate of drug-likeness (QED) is 0.621. The molecule has 0 unspecified atom stereocenters. The molecule has 0 aliphatic rings. The molecule has 2 aromatic carbocycles. The van der Waals surface area contributed by atoms with E-state index in [4.69, 9.17) is 32.7 Å². The highest BCUT2D eigenvalue weighted by Gasteiger charge is 2.19. The SMILES string of the molecule is CC(C)COc1c(Cl)c(Cl)c(OCC(C)C)c2ccccc12. The molecule has 2 rings (SSSR count). The van der Waals surface area contributed by atoms with Gasteiger partial charge in [0.05, 0.1) is 13.2 Å². The lowest BCUT2D eigenvalue weighted by Crippen LogP contribution is -2.08. The number of hydrogen-bond donors (Lipinski definition) is 0. The summed E-state index contributed by atoms with van der Waals surface area (Å²) in [5, 5.41) is 2.69. The maximum absolute atomic E-state index is 6.44. The van der Waals surface area contributed by atoms with Crippen molar-refractivity contribution in [2.24, 2.45) is 11.8 Å². The van der Waals surface area contributed by atoms with E-state index in [2.05, 4.69) is 27.7 Å². The van der Waals surface area contributed by atoms with E-state index >= 15 is 0 Å². The van der Waals surface area contributed by atoms with Gasteiger partial charge in [-0.25, -0.2) is 0 Å². The second kappa shape index (κ2) is 7.43. The van der Waals surface area contributed by atoms with Crippen molar-refractivity contribution >= 4 is 34.0 Å². The van der Waals surface area contributed by atoms with E-state index in [0.29, 0.717) is 46.6 Å². The first-order valence-corrected chi connectivity index (χ1v) is 8.32. The van der Waals surface area contributed by atoms with E-state index in [0.717, 1.165) is 10.8 Å². The minimum Gasteiger partial charge on any atom is -0.491 e. The molecule has 0 saturated carbocycles. The molecule has 2 aromatic rings. The van der Waals surface area contributed by atoms with Crippen molar-refractivity contribution in [2.45, 2.75) is 27.7 Å². The highest BCUT2D eigenvalue weighted by atomic mass is 35.5. The van der Waals surface area contributed by atoms with Gasteiger partial charge in [0.1, 0.15) is 21.5 Å². The second-order valence-electron chi connectivity index (χ2n) is 6.24. The van der Waals surface area contributed by atoms with Gasteiger partial charge in [-0.1, -0.05) is 75.2 Å². The summed E-state index contributed by atoms with van der Waals surface area (Å²) >= 11 is 12.9. The van der Waals surface area contributed by atoms with Gasteiger partial charge in [0.25, 0.3) is 0 Å². The van der Waals surface area contributed by atoms with Crippen LogP contribution in [0.5, 0.6) is 11.5 Å². The minimum absolute atomic E-state index is 0.408. The largest absolute Gasteiger partial charge is 0.491 e. The molecule has 4 heteroatoms. The number of rotatable bonds is 6. The van der Waals surface area contributed by atoms with Gasteiger partial charge in [0.2, 0.25) is 0 Å². The monoisotopic (exact) mass is 340 g/mol. The predicted octanol–water partition coefficient (Wildman–Crippen LogP) is 6.22. The van der Waals surface area contributed by atoms with Gasteiger partial charge in [0.15, 0.2) is 0 Å². The van der Waals surface area contributed by atoms with Crippen LogP contribution in [0.1, 0.15) is 27.7 Å². The van der Waals surface area contributed by atoms with Crippen LogP contribution in [0.2, 0.25) is 10.0 Å². The second-order valence-corrected chi connectivity index (χ2v) is 7.00. The van der Waals surface area contributed by atoms with Crippen LogP contribution >= 0.6 is 23.2 Å². The lowest BCUT2D eigenvalue weighted by Gasteiger charge is -2.18. The van der Waals surface area contributed by atoms with Gasteiger partial charge in [-0.05, 0) is 11.8 Å². The Hall–Kier alpha value is -1.12. The Balaban J connectivity index is 2.54. The molecule has 0 spiro atoms. The number of fused-ring (bicyclic) bond motifs is 1. The van der Waals surface area contributed by atoms with Crippen LogP contribution < -0.4 is 9.47 Å². The van der Waals surface area contributed by atoms with Gasteiger partial charge in [-0.2, -0.15) is 0 Å². The molecule has 0 amide bonds. The first-order chi connectivity index (χ1) is 10.4. The highest BCUT2D eigenvalue weighted by Crippen LogP contribution is 2.46. The van der Waals surface area contributed by atoms with Crippen molar-refractivity contribution in [3.8, 4) is 11.5 Å². The summed E-state index contributed by atoms with van der Waals surface area (Å²) in [4.78, 5) is 0. The molecule has 120 valence electrons. The number of hydrogen-bond acceptors (Lipinski definition) is 2. The lowest BCUT2D eigenvalue weighted by atomic mass is 10.1. The van der Waals surface area contributed by atoms with Crippen molar-refractivity contribution in [3.05, 3.63) is 34.3 Å². The van der Waals surface area contributed by atoms with Gasteiger partial charge >= 0.3 is 0 Å². The Bertz CT molecular complexity index is 595. The van der Waals surface area contributed by atoms with E-state index in [9.17, 15) is 0 Å². The van der Waals surface area contributed by atoms with Crippen LogP contribution in [-0.2, 0) is 0 Å². The normalized spacial score (nSPS) is 11.5. The molecule has 0 radical (unpaired) electrons. The fraction of sp³-hybridized carbons (Fsp3) is 0.444. The Morgan fingerprint density at radius 1 is 0.773 bits per heavy atom. The van der Waals surface area contributed by atoms with Crippen LogP contribution in [0.15, 0.2) is 24.3 Å². The Morgan fingerprint density at radius 2 is 1.14 bits per heavy atom. The third-order valence-corrected chi connectivity index (χ3v) is 3.95. The first-order valence-electron chi connectivity index (χ1n) is 7.57. The predicted molar refractivity (Wildman–Crippen MR) is 94.6 cm³/mol. The molecular formula is C18H22Cl2O2. The Labute approximate surface area is 142 Å². The van der Waals surface area contributed by atoms with Gasteiger partial charge in [0, 0.05) is 10.8 Å². The lowest BCUT2D eigenvalue weighted by molar-refractivity contribution is 0.268. The van der Waals surface area contributed by atoms with E-state index < -0.39 is 0 Å². The van der Waals surface area contributed by atoms with Crippen LogP contribution in [0.25, 0.3) is 10.8 Å². The average Bonchev–Trinajstić information content (AvgIpc) is 2.47. The fourth-order valence-corrected chi connectivity index (χ4v) is 2.58. The topological polar surface area (TPSA) is 18.5 Å². The van der Waals surface area contributed by atoms with Gasteiger partial charge in [-0.15, -0.1) is 0 Å². The van der Waals surface area contributed by atoms with E-state index in [-0.39, 0.29) is 0 Å². The zero-order valence-corrected chi connectivity index (χ0v) is 15.0. The van der Waals surface area contributed by atoms with Gasteiger partial charge < -0.3 is 9.47 Å². The van der Waals surface area contributed by atoms with Crippen molar-refractivity contribution in [1.82, 2.24) is 0 Å². The Morgan fingerprint density at radius 3 is 1.45 bits per heavy atom. The molecule has 0 heterocycles. The highest BCUT2D eigenvalue weighted by molar-refractivity contribution is 6.45. The molecule has 0 saturated heterocycles. The van der Waals surface area contributed by atoms with Crippen molar-refractivity contribution in [1.29, 1.82) is 0 Å². The molecule has 0 fully saturated rings. The molecule has 0 aliphatic heterocycles. The molecular weight excluding hydrogens is 319 g/mol. The number of benzene rings is 2. The summed E-state index contributed by atoms with van der Waals surface area (Å²) in [6.45, 7) is 9.56. The molecule has 0 N–H and O–H groups in total. The van der Waals surface area contributed by atoms with Crippen LogP contribution in [0, 0.1) is 11.8 Å². The molecule has 0 atom stereocenters. The van der Waals surface area contributed by atoms with E-state index in [1.54, 1.807) is 0 Å². The van der Waals surface area contributed by atoms with Gasteiger partial charge in [-0.3, -0.25) is 0 Å². The molecule has 2 nitrogen and oxygen atoms in total.